The Morgan fingerprint density at radius 2 is 2.24 bits per heavy atom. The summed E-state index contributed by atoms with van der Waals surface area (Å²) < 4.78 is 9.50. The van der Waals surface area contributed by atoms with Crippen molar-refractivity contribution in [2.45, 2.75) is 26.2 Å². The lowest BCUT2D eigenvalue weighted by atomic mass is 10.2. The van der Waals surface area contributed by atoms with E-state index < -0.39 is 0 Å². The standard InChI is InChI=1S/C15H17N5O/c1-18-15-10-20(7-12-3-2-6-21-12)8-13(15)14(17-18)9-19-5-4-16-11-19/h2-6,11H,7-10H2,1H3. The average Bonchev–Trinajstić information content (AvgIpc) is 3.20. The number of aryl methyl sites for hydroxylation is 1. The molecule has 0 saturated carbocycles. The highest BCUT2D eigenvalue weighted by atomic mass is 16.3. The highest BCUT2D eigenvalue weighted by Crippen LogP contribution is 2.27. The van der Waals surface area contributed by atoms with Gasteiger partial charge in [0, 0.05) is 38.1 Å². The van der Waals surface area contributed by atoms with Crippen LogP contribution in [-0.4, -0.2) is 24.2 Å². The van der Waals surface area contributed by atoms with Crippen molar-refractivity contribution in [2.75, 3.05) is 0 Å². The van der Waals surface area contributed by atoms with Crippen LogP contribution in [0.25, 0.3) is 0 Å². The second-order valence-corrected chi connectivity index (χ2v) is 5.46. The normalized spacial score (nSPS) is 14.7. The zero-order chi connectivity index (χ0) is 14.2. The molecule has 0 aromatic carbocycles. The molecule has 4 rings (SSSR count). The Morgan fingerprint density at radius 3 is 3.00 bits per heavy atom. The second-order valence-electron chi connectivity index (χ2n) is 5.46. The molecule has 0 atom stereocenters. The Morgan fingerprint density at radius 1 is 1.29 bits per heavy atom. The van der Waals surface area contributed by atoms with Gasteiger partial charge in [-0.2, -0.15) is 5.10 Å². The molecular formula is C15H17N5O. The quantitative estimate of drug-likeness (QED) is 0.732. The van der Waals surface area contributed by atoms with Crippen molar-refractivity contribution >= 4 is 0 Å². The van der Waals surface area contributed by atoms with Gasteiger partial charge in [-0.25, -0.2) is 4.98 Å². The van der Waals surface area contributed by atoms with Crippen molar-refractivity contribution in [3.05, 3.63) is 59.8 Å². The molecule has 6 heteroatoms. The molecular weight excluding hydrogens is 266 g/mol. The Hall–Kier alpha value is -2.34. The molecule has 21 heavy (non-hydrogen) atoms. The lowest BCUT2D eigenvalue weighted by molar-refractivity contribution is 0.245. The minimum Gasteiger partial charge on any atom is -0.468 e. The first-order chi connectivity index (χ1) is 10.3. The van der Waals surface area contributed by atoms with Crippen LogP contribution in [0.15, 0.2) is 41.5 Å². The summed E-state index contributed by atoms with van der Waals surface area (Å²) in [6.45, 7) is 3.46. The zero-order valence-electron chi connectivity index (χ0n) is 11.9. The van der Waals surface area contributed by atoms with Gasteiger partial charge in [-0.1, -0.05) is 0 Å². The number of nitrogens with zero attached hydrogens (tertiary/aromatic N) is 5. The van der Waals surface area contributed by atoms with Gasteiger partial charge in [0.05, 0.1) is 37.1 Å². The molecule has 0 saturated heterocycles. The van der Waals surface area contributed by atoms with E-state index in [1.807, 2.05) is 36.4 Å². The number of imidazole rings is 1. The fourth-order valence-corrected chi connectivity index (χ4v) is 2.95. The number of rotatable bonds is 4. The molecule has 0 unspecified atom stereocenters. The molecule has 1 aliphatic rings. The minimum absolute atomic E-state index is 0.776. The molecule has 6 nitrogen and oxygen atoms in total. The molecule has 0 amide bonds. The van der Waals surface area contributed by atoms with E-state index in [-0.39, 0.29) is 0 Å². The van der Waals surface area contributed by atoms with Gasteiger partial charge in [-0.3, -0.25) is 9.58 Å². The van der Waals surface area contributed by atoms with Gasteiger partial charge in [0.25, 0.3) is 0 Å². The van der Waals surface area contributed by atoms with Crippen LogP contribution < -0.4 is 0 Å². The molecule has 0 N–H and O–H groups in total. The van der Waals surface area contributed by atoms with Gasteiger partial charge >= 0.3 is 0 Å². The largest absolute Gasteiger partial charge is 0.468 e. The van der Waals surface area contributed by atoms with Crippen LogP contribution in [0.3, 0.4) is 0 Å². The number of hydrogen-bond acceptors (Lipinski definition) is 4. The molecule has 4 heterocycles. The number of furan rings is 1. The highest BCUT2D eigenvalue weighted by Gasteiger charge is 2.27. The number of fused-ring (bicyclic) bond motifs is 1. The monoisotopic (exact) mass is 283 g/mol. The number of hydrogen-bond donors (Lipinski definition) is 0. The lowest BCUT2D eigenvalue weighted by Gasteiger charge is -2.13. The summed E-state index contributed by atoms with van der Waals surface area (Å²) in [6.07, 6.45) is 7.32. The van der Waals surface area contributed by atoms with Gasteiger partial charge in [0.1, 0.15) is 5.76 Å². The summed E-state index contributed by atoms with van der Waals surface area (Å²) in [7, 11) is 2.02. The molecule has 0 spiro atoms. The maximum Gasteiger partial charge on any atom is 0.117 e. The van der Waals surface area contributed by atoms with Crippen molar-refractivity contribution in [1.29, 1.82) is 0 Å². The van der Waals surface area contributed by atoms with E-state index in [4.69, 9.17) is 4.42 Å². The summed E-state index contributed by atoms with van der Waals surface area (Å²) >= 11 is 0. The van der Waals surface area contributed by atoms with E-state index in [0.29, 0.717) is 0 Å². The fraction of sp³-hybridized carbons (Fsp3) is 0.333. The van der Waals surface area contributed by atoms with Crippen LogP contribution in [0.1, 0.15) is 22.7 Å². The lowest BCUT2D eigenvalue weighted by Crippen LogP contribution is -2.17. The first kappa shape index (κ1) is 12.4. The third-order valence-corrected chi connectivity index (χ3v) is 3.96. The first-order valence-electron chi connectivity index (χ1n) is 7.03. The molecule has 0 aliphatic carbocycles. The van der Waals surface area contributed by atoms with Crippen LogP contribution in [-0.2, 0) is 33.2 Å². The second kappa shape index (κ2) is 4.89. The maximum absolute atomic E-state index is 5.44. The van der Waals surface area contributed by atoms with Crippen molar-refractivity contribution in [3.8, 4) is 0 Å². The fourth-order valence-electron chi connectivity index (χ4n) is 2.95. The number of aromatic nitrogens is 4. The predicted molar refractivity (Wildman–Crippen MR) is 76.2 cm³/mol. The topological polar surface area (TPSA) is 52.0 Å². The van der Waals surface area contributed by atoms with E-state index >= 15 is 0 Å². The van der Waals surface area contributed by atoms with Crippen LogP contribution in [0.2, 0.25) is 0 Å². The third kappa shape index (κ3) is 2.27. The van der Waals surface area contributed by atoms with Gasteiger partial charge in [0.2, 0.25) is 0 Å². The summed E-state index contributed by atoms with van der Waals surface area (Å²) in [5.41, 5.74) is 3.78. The summed E-state index contributed by atoms with van der Waals surface area (Å²) in [6, 6.07) is 3.96. The molecule has 3 aromatic heterocycles. The molecule has 1 aliphatic heterocycles. The molecule has 0 fully saturated rings. The summed E-state index contributed by atoms with van der Waals surface area (Å²) in [5, 5.41) is 4.66. The van der Waals surface area contributed by atoms with E-state index in [1.54, 1.807) is 12.5 Å². The van der Waals surface area contributed by atoms with Crippen LogP contribution in [0.5, 0.6) is 0 Å². The Bertz CT molecular complexity index is 727. The predicted octanol–water partition coefficient (Wildman–Crippen LogP) is 1.77. The van der Waals surface area contributed by atoms with E-state index in [1.165, 1.54) is 11.3 Å². The van der Waals surface area contributed by atoms with Crippen LogP contribution >= 0.6 is 0 Å². The van der Waals surface area contributed by atoms with E-state index in [9.17, 15) is 0 Å². The highest BCUT2D eigenvalue weighted by molar-refractivity contribution is 5.30. The van der Waals surface area contributed by atoms with E-state index in [0.717, 1.165) is 37.6 Å². The van der Waals surface area contributed by atoms with Crippen LogP contribution in [0.4, 0.5) is 0 Å². The van der Waals surface area contributed by atoms with E-state index in [2.05, 4.69) is 19.5 Å². The van der Waals surface area contributed by atoms with Crippen molar-refractivity contribution in [2.24, 2.45) is 7.05 Å². The van der Waals surface area contributed by atoms with Crippen molar-refractivity contribution in [1.82, 2.24) is 24.2 Å². The average molecular weight is 283 g/mol. The smallest absolute Gasteiger partial charge is 0.117 e. The first-order valence-corrected chi connectivity index (χ1v) is 7.03. The van der Waals surface area contributed by atoms with Gasteiger partial charge in [-0.05, 0) is 12.1 Å². The van der Waals surface area contributed by atoms with Gasteiger partial charge < -0.3 is 8.98 Å². The molecule has 0 radical (unpaired) electrons. The maximum atomic E-state index is 5.44. The Balaban J connectivity index is 1.55. The van der Waals surface area contributed by atoms with Crippen LogP contribution in [0, 0.1) is 0 Å². The molecule has 3 aromatic rings. The van der Waals surface area contributed by atoms with Crippen molar-refractivity contribution < 1.29 is 4.42 Å². The Kier molecular flexibility index (Phi) is 2.89. The van der Waals surface area contributed by atoms with Gasteiger partial charge in [0.15, 0.2) is 0 Å². The van der Waals surface area contributed by atoms with Gasteiger partial charge in [-0.15, -0.1) is 0 Å². The van der Waals surface area contributed by atoms with Crippen molar-refractivity contribution in [3.63, 3.8) is 0 Å². The summed E-state index contributed by atoms with van der Waals surface area (Å²) in [4.78, 5) is 6.47. The Labute approximate surface area is 122 Å². The summed E-state index contributed by atoms with van der Waals surface area (Å²) in [5.74, 6) is 1.01. The zero-order valence-corrected chi connectivity index (χ0v) is 11.9. The minimum atomic E-state index is 0.776. The molecule has 108 valence electrons. The molecule has 0 bridgehead atoms. The SMILES string of the molecule is Cn1nc(Cn2ccnc2)c2c1CN(Cc1ccco1)C2. The third-order valence-electron chi connectivity index (χ3n) is 3.96.